The lowest BCUT2D eigenvalue weighted by atomic mass is 9.95. The largest absolute Gasteiger partial charge is 0.356 e. The number of fused-ring (bicyclic) bond motifs is 9. The Hall–Kier alpha value is -5.08. The Kier molecular flexibility index (Phi) is 5.49. The minimum absolute atomic E-state index is 1.12. The maximum atomic E-state index is 3.55. The fourth-order valence-corrected chi connectivity index (χ4v) is 5.46. The van der Waals surface area contributed by atoms with Crippen molar-refractivity contribution in [1.29, 1.82) is 0 Å². The van der Waals surface area contributed by atoms with Gasteiger partial charge in [-0.2, -0.15) is 0 Å². The molecule has 0 aliphatic heterocycles. The second kappa shape index (κ2) is 9.42. The minimum Gasteiger partial charge on any atom is -0.356 e. The first-order valence-corrected chi connectivity index (χ1v) is 13.0. The predicted molar refractivity (Wildman–Crippen MR) is 164 cm³/mol. The van der Waals surface area contributed by atoms with Crippen molar-refractivity contribution in [2.45, 2.75) is 0 Å². The van der Waals surface area contributed by atoms with Crippen LogP contribution in [0.3, 0.4) is 0 Å². The van der Waals surface area contributed by atoms with Gasteiger partial charge in [0.05, 0.1) is 0 Å². The molecule has 0 radical (unpaired) electrons. The van der Waals surface area contributed by atoms with E-state index in [0.717, 1.165) is 11.4 Å². The average molecular weight is 487 g/mol. The zero-order valence-electron chi connectivity index (χ0n) is 20.9. The van der Waals surface area contributed by atoms with E-state index in [2.05, 4.69) is 95.2 Å². The third-order valence-electron chi connectivity index (χ3n) is 7.23. The van der Waals surface area contributed by atoms with Crippen LogP contribution in [0.5, 0.6) is 0 Å². The first-order chi connectivity index (χ1) is 18.8. The summed E-state index contributed by atoms with van der Waals surface area (Å²) in [6.45, 7) is 0. The zero-order chi connectivity index (χ0) is 25.3. The molecule has 0 atom stereocenters. The highest BCUT2D eigenvalue weighted by Crippen LogP contribution is 2.37. The van der Waals surface area contributed by atoms with Crippen LogP contribution in [0.15, 0.2) is 146 Å². The van der Waals surface area contributed by atoms with Gasteiger partial charge >= 0.3 is 0 Å². The van der Waals surface area contributed by atoms with Crippen LogP contribution in [0.1, 0.15) is 0 Å². The molecular weight excluding hydrogens is 460 g/mol. The van der Waals surface area contributed by atoms with Gasteiger partial charge in [0.25, 0.3) is 0 Å². The maximum Gasteiger partial charge on any atom is 0.0471 e. The molecule has 38 heavy (non-hydrogen) atoms. The van der Waals surface area contributed by atoms with Crippen LogP contribution in [0, 0.1) is 0 Å². The summed E-state index contributed by atoms with van der Waals surface area (Å²) in [5, 5.41) is 13.8. The molecule has 7 aromatic carbocycles. The number of aromatic amines is 1. The lowest BCUT2D eigenvalue weighted by Crippen LogP contribution is -1.87. The Labute approximate surface area is 221 Å². The molecular formula is C36H26N2. The number of aromatic nitrogens is 1. The lowest BCUT2D eigenvalue weighted by molar-refractivity contribution is 1.55. The summed E-state index contributed by atoms with van der Waals surface area (Å²) in [7, 11) is 0. The van der Waals surface area contributed by atoms with Crippen LogP contribution < -0.4 is 5.32 Å². The molecule has 0 saturated carbocycles. The smallest absolute Gasteiger partial charge is 0.0471 e. The maximum absolute atomic E-state index is 3.55. The van der Waals surface area contributed by atoms with Gasteiger partial charge in [0.2, 0.25) is 0 Å². The summed E-state index contributed by atoms with van der Waals surface area (Å²) in [5.41, 5.74) is 4.64. The molecule has 2 heteroatoms. The van der Waals surface area contributed by atoms with E-state index in [1.54, 1.807) is 0 Å². The fourth-order valence-electron chi connectivity index (χ4n) is 5.46. The second-order valence-corrected chi connectivity index (χ2v) is 9.56. The summed E-state index contributed by atoms with van der Waals surface area (Å²) in [6.07, 6.45) is 0. The first-order valence-electron chi connectivity index (χ1n) is 13.0. The first kappa shape index (κ1) is 22.1. The van der Waals surface area contributed by atoms with Crippen molar-refractivity contribution in [1.82, 2.24) is 4.98 Å². The second-order valence-electron chi connectivity index (χ2n) is 9.56. The standard InChI is InChI=1S/C24H15N.C12H11N/c1-2-6-16-15(5-1)9-10-18-17(16)11-12-20-19(18)13-14-23-24(20)21-7-3-4-8-22(21)25-23;1-3-7-11(8-4-1)13-12-9-5-2-6-10-12/h1-14,25H;1-10,13H. The molecule has 8 rings (SSSR count). The Balaban J connectivity index is 0.000000158. The number of anilines is 2. The van der Waals surface area contributed by atoms with Gasteiger partial charge in [-0.25, -0.2) is 0 Å². The number of nitrogens with one attached hydrogen (secondary N) is 2. The van der Waals surface area contributed by atoms with Crippen molar-refractivity contribution in [3.05, 3.63) is 146 Å². The van der Waals surface area contributed by atoms with E-state index in [1.807, 2.05) is 60.7 Å². The Morgan fingerprint density at radius 1 is 0.342 bits per heavy atom. The van der Waals surface area contributed by atoms with Crippen LogP contribution in [0.4, 0.5) is 11.4 Å². The summed E-state index contributed by atoms with van der Waals surface area (Å²) < 4.78 is 0. The molecule has 0 bridgehead atoms. The highest BCUT2D eigenvalue weighted by molar-refractivity contribution is 6.26. The Morgan fingerprint density at radius 3 is 1.63 bits per heavy atom. The quantitative estimate of drug-likeness (QED) is 0.234. The van der Waals surface area contributed by atoms with Crippen molar-refractivity contribution >= 4 is 65.5 Å². The summed E-state index contributed by atoms with van der Waals surface area (Å²) in [5.74, 6) is 0. The summed E-state index contributed by atoms with van der Waals surface area (Å²) >= 11 is 0. The number of hydrogen-bond acceptors (Lipinski definition) is 1. The molecule has 180 valence electrons. The van der Waals surface area contributed by atoms with Gasteiger partial charge in [-0.1, -0.05) is 109 Å². The van der Waals surface area contributed by atoms with E-state index < -0.39 is 0 Å². The van der Waals surface area contributed by atoms with Crippen molar-refractivity contribution in [3.63, 3.8) is 0 Å². The number of H-pyrrole nitrogens is 1. The molecule has 0 aliphatic carbocycles. The van der Waals surface area contributed by atoms with Crippen molar-refractivity contribution < 1.29 is 0 Å². The molecule has 0 unspecified atom stereocenters. The SMILES string of the molecule is c1ccc(Nc2ccccc2)cc1.c1ccc2c(c1)ccc1c2ccc2c1ccc1[nH]c3ccccc3c12. The van der Waals surface area contributed by atoms with Gasteiger partial charge in [-0.15, -0.1) is 0 Å². The van der Waals surface area contributed by atoms with Crippen molar-refractivity contribution in [2.75, 3.05) is 5.32 Å². The topological polar surface area (TPSA) is 27.8 Å². The molecule has 8 aromatic rings. The van der Waals surface area contributed by atoms with E-state index in [9.17, 15) is 0 Å². The highest BCUT2D eigenvalue weighted by Gasteiger charge is 2.10. The van der Waals surface area contributed by atoms with E-state index in [-0.39, 0.29) is 0 Å². The highest BCUT2D eigenvalue weighted by atomic mass is 14.9. The number of rotatable bonds is 2. The van der Waals surface area contributed by atoms with Gasteiger partial charge in [-0.05, 0) is 68.7 Å². The Morgan fingerprint density at radius 2 is 0.868 bits per heavy atom. The van der Waals surface area contributed by atoms with Gasteiger partial charge in [-0.3, -0.25) is 0 Å². The summed E-state index contributed by atoms with van der Waals surface area (Å²) in [4.78, 5) is 3.55. The van der Waals surface area contributed by atoms with Crippen LogP contribution in [0.25, 0.3) is 54.1 Å². The molecule has 0 saturated heterocycles. The van der Waals surface area contributed by atoms with Crippen molar-refractivity contribution in [3.8, 4) is 0 Å². The van der Waals surface area contributed by atoms with Crippen LogP contribution in [-0.4, -0.2) is 4.98 Å². The van der Waals surface area contributed by atoms with E-state index in [4.69, 9.17) is 0 Å². The van der Waals surface area contributed by atoms with Gasteiger partial charge in [0.1, 0.15) is 0 Å². The molecule has 0 aliphatic rings. The van der Waals surface area contributed by atoms with Gasteiger partial charge in [0, 0.05) is 33.2 Å². The number of hydrogen-bond donors (Lipinski definition) is 2. The third-order valence-corrected chi connectivity index (χ3v) is 7.23. The third kappa shape index (κ3) is 3.93. The Bertz CT molecular complexity index is 2000. The molecule has 0 spiro atoms. The molecule has 1 aromatic heterocycles. The molecule has 2 nitrogen and oxygen atoms in total. The zero-order valence-corrected chi connectivity index (χ0v) is 20.9. The van der Waals surface area contributed by atoms with Crippen LogP contribution in [-0.2, 0) is 0 Å². The van der Waals surface area contributed by atoms with Crippen LogP contribution >= 0.6 is 0 Å². The minimum atomic E-state index is 1.12. The van der Waals surface area contributed by atoms with Crippen molar-refractivity contribution in [2.24, 2.45) is 0 Å². The fraction of sp³-hybridized carbons (Fsp3) is 0. The van der Waals surface area contributed by atoms with Gasteiger partial charge in [0.15, 0.2) is 0 Å². The average Bonchev–Trinajstić information content (AvgIpc) is 3.37. The molecule has 1 heterocycles. The molecule has 0 fully saturated rings. The van der Waals surface area contributed by atoms with E-state index in [0.29, 0.717) is 0 Å². The number of benzene rings is 7. The summed E-state index contributed by atoms with van der Waals surface area (Å²) in [6, 6.07) is 51.0. The van der Waals surface area contributed by atoms with E-state index >= 15 is 0 Å². The van der Waals surface area contributed by atoms with Crippen LogP contribution in [0.2, 0.25) is 0 Å². The molecule has 0 amide bonds. The van der Waals surface area contributed by atoms with E-state index in [1.165, 1.54) is 54.1 Å². The number of para-hydroxylation sites is 3. The predicted octanol–water partition coefficient (Wildman–Crippen LogP) is 10.2. The monoisotopic (exact) mass is 486 g/mol. The van der Waals surface area contributed by atoms with Gasteiger partial charge < -0.3 is 10.3 Å². The normalized spacial score (nSPS) is 11.2. The lowest BCUT2D eigenvalue weighted by Gasteiger charge is -2.08. The molecule has 2 N–H and O–H groups in total.